The van der Waals surface area contributed by atoms with Crippen LogP contribution in [0.5, 0.6) is 5.75 Å². The van der Waals surface area contributed by atoms with Crippen molar-refractivity contribution in [1.82, 2.24) is 14.7 Å². The molecule has 5 heteroatoms. The van der Waals surface area contributed by atoms with Crippen LogP contribution in [0.15, 0.2) is 30.3 Å². The van der Waals surface area contributed by atoms with Gasteiger partial charge in [-0.1, -0.05) is 13.3 Å². The van der Waals surface area contributed by atoms with Gasteiger partial charge in [-0.2, -0.15) is 5.10 Å². The standard InChI is InChI=1S/C24H38N4O/c1-6-8-20-19-22(28(25-20)24(2,3)4)9-7-14-26-15-17-27(18-16-26)21-10-12-23(29-5)13-11-21/h10-13,19H,6-9,14-18H2,1-5H3. The number of anilines is 1. The summed E-state index contributed by atoms with van der Waals surface area (Å²) in [6, 6.07) is 10.8. The number of piperazine rings is 1. The molecule has 160 valence electrons. The molecule has 0 spiro atoms. The Labute approximate surface area is 176 Å². The minimum Gasteiger partial charge on any atom is -0.497 e. The Morgan fingerprint density at radius 1 is 1.00 bits per heavy atom. The fourth-order valence-corrected chi connectivity index (χ4v) is 4.12. The summed E-state index contributed by atoms with van der Waals surface area (Å²) >= 11 is 0. The van der Waals surface area contributed by atoms with Crippen molar-refractivity contribution in [3.05, 3.63) is 41.7 Å². The van der Waals surface area contributed by atoms with E-state index >= 15 is 0 Å². The van der Waals surface area contributed by atoms with E-state index in [4.69, 9.17) is 9.84 Å². The first-order valence-corrected chi connectivity index (χ1v) is 11.1. The van der Waals surface area contributed by atoms with E-state index < -0.39 is 0 Å². The molecule has 5 nitrogen and oxygen atoms in total. The fraction of sp³-hybridized carbons (Fsp3) is 0.625. The second kappa shape index (κ2) is 9.66. The van der Waals surface area contributed by atoms with E-state index in [-0.39, 0.29) is 5.54 Å². The Morgan fingerprint density at radius 2 is 1.69 bits per heavy atom. The molecular formula is C24H38N4O. The molecule has 1 aromatic carbocycles. The first kappa shape index (κ1) is 21.7. The van der Waals surface area contributed by atoms with Crippen molar-refractivity contribution in [2.75, 3.05) is 44.7 Å². The lowest BCUT2D eigenvalue weighted by Gasteiger charge is -2.36. The molecule has 0 aliphatic carbocycles. The van der Waals surface area contributed by atoms with Gasteiger partial charge < -0.3 is 9.64 Å². The largest absolute Gasteiger partial charge is 0.497 e. The fourth-order valence-electron chi connectivity index (χ4n) is 4.12. The number of aryl methyl sites for hydroxylation is 2. The highest BCUT2D eigenvalue weighted by Gasteiger charge is 2.20. The molecule has 0 atom stereocenters. The lowest BCUT2D eigenvalue weighted by Crippen LogP contribution is -2.46. The van der Waals surface area contributed by atoms with Crippen molar-refractivity contribution in [3.8, 4) is 5.75 Å². The minimum atomic E-state index is 0.0469. The SMILES string of the molecule is CCCc1cc(CCCN2CCN(c3ccc(OC)cc3)CC2)n(C(C)(C)C)n1. The minimum absolute atomic E-state index is 0.0469. The highest BCUT2D eigenvalue weighted by Crippen LogP contribution is 2.22. The second-order valence-electron chi connectivity index (χ2n) is 9.09. The summed E-state index contributed by atoms with van der Waals surface area (Å²) in [4.78, 5) is 5.08. The van der Waals surface area contributed by atoms with E-state index in [0.717, 1.165) is 57.7 Å². The monoisotopic (exact) mass is 398 g/mol. The Kier molecular flexibility index (Phi) is 7.23. The van der Waals surface area contributed by atoms with Gasteiger partial charge in [-0.05, 0) is 76.9 Å². The van der Waals surface area contributed by atoms with Gasteiger partial charge in [0.2, 0.25) is 0 Å². The molecule has 0 radical (unpaired) electrons. The normalized spacial score (nSPS) is 15.7. The first-order valence-electron chi connectivity index (χ1n) is 11.1. The maximum Gasteiger partial charge on any atom is 0.119 e. The predicted octanol–water partition coefficient (Wildman–Crippen LogP) is 4.35. The first-order chi connectivity index (χ1) is 13.9. The molecule has 1 fully saturated rings. The maximum absolute atomic E-state index is 5.27. The third-order valence-electron chi connectivity index (χ3n) is 5.69. The average molecular weight is 399 g/mol. The summed E-state index contributed by atoms with van der Waals surface area (Å²) in [5.41, 5.74) is 3.97. The van der Waals surface area contributed by atoms with Crippen LogP contribution in [0.25, 0.3) is 0 Å². The van der Waals surface area contributed by atoms with Crippen molar-refractivity contribution >= 4 is 5.69 Å². The smallest absolute Gasteiger partial charge is 0.119 e. The van der Waals surface area contributed by atoms with Crippen molar-refractivity contribution in [1.29, 1.82) is 0 Å². The molecule has 2 aromatic rings. The van der Waals surface area contributed by atoms with Crippen LogP contribution in [0.2, 0.25) is 0 Å². The van der Waals surface area contributed by atoms with Crippen LogP contribution in [0.3, 0.4) is 0 Å². The van der Waals surface area contributed by atoms with Gasteiger partial charge in [-0.15, -0.1) is 0 Å². The highest BCUT2D eigenvalue weighted by molar-refractivity contribution is 5.49. The molecule has 0 unspecified atom stereocenters. The lowest BCUT2D eigenvalue weighted by atomic mass is 10.1. The Morgan fingerprint density at radius 3 is 2.28 bits per heavy atom. The molecule has 2 heterocycles. The van der Waals surface area contributed by atoms with E-state index in [1.54, 1.807) is 7.11 Å². The quantitative estimate of drug-likeness (QED) is 0.662. The van der Waals surface area contributed by atoms with Crippen LogP contribution in [0.1, 0.15) is 51.9 Å². The zero-order chi connectivity index (χ0) is 20.9. The molecule has 0 N–H and O–H groups in total. The van der Waals surface area contributed by atoms with Gasteiger partial charge in [0.15, 0.2) is 0 Å². The van der Waals surface area contributed by atoms with E-state index in [9.17, 15) is 0 Å². The summed E-state index contributed by atoms with van der Waals surface area (Å²) in [6.07, 6.45) is 4.52. The number of benzene rings is 1. The average Bonchev–Trinajstić information content (AvgIpc) is 3.12. The third-order valence-corrected chi connectivity index (χ3v) is 5.69. The lowest BCUT2D eigenvalue weighted by molar-refractivity contribution is 0.253. The van der Waals surface area contributed by atoms with Crippen LogP contribution >= 0.6 is 0 Å². The second-order valence-corrected chi connectivity index (χ2v) is 9.09. The zero-order valence-corrected chi connectivity index (χ0v) is 18.9. The van der Waals surface area contributed by atoms with E-state index in [1.807, 2.05) is 12.1 Å². The zero-order valence-electron chi connectivity index (χ0n) is 18.9. The number of methoxy groups -OCH3 is 1. The number of rotatable bonds is 8. The van der Waals surface area contributed by atoms with Crippen LogP contribution in [0.4, 0.5) is 5.69 Å². The number of hydrogen-bond acceptors (Lipinski definition) is 4. The third kappa shape index (κ3) is 5.75. The van der Waals surface area contributed by atoms with Crippen molar-refractivity contribution in [2.24, 2.45) is 0 Å². The van der Waals surface area contributed by atoms with E-state index in [0.29, 0.717) is 0 Å². The Bertz CT molecular complexity index is 752. The summed E-state index contributed by atoms with van der Waals surface area (Å²) in [5, 5.41) is 4.88. The summed E-state index contributed by atoms with van der Waals surface area (Å²) < 4.78 is 7.52. The molecule has 0 saturated carbocycles. The van der Waals surface area contributed by atoms with Gasteiger partial charge in [-0.3, -0.25) is 9.58 Å². The summed E-state index contributed by atoms with van der Waals surface area (Å²) in [6.45, 7) is 14.6. The topological polar surface area (TPSA) is 33.5 Å². The molecule has 1 aliphatic rings. The summed E-state index contributed by atoms with van der Waals surface area (Å²) in [5.74, 6) is 0.920. The number of ether oxygens (including phenoxy) is 1. The van der Waals surface area contributed by atoms with Crippen LogP contribution < -0.4 is 9.64 Å². The highest BCUT2D eigenvalue weighted by atomic mass is 16.5. The maximum atomic E-state index is 5.27. The van der Waals surface area contributed by atoms with Crippen molar-refractivity contribution < 1.29 is 4.74 Å². The predicted molar refractivity (Wildman–Crippen MR) is 121 cm³/mol. The van der Waals surface area contributed by atoms with Crippen LogP contribution in [-0.4, -0.2) is 54.5 Å². The number of hydrogen-bond donors (Lipinski definition) is 0. The molecule has 29 heavy (non-hydrogen) atoms. The molecule has 1 aliphatic heterocycles. The molecule has 3 rings (SSSR count). The van der Waals surface area contributed by atoms with Gasteiger partial charge in [0.25, 0.3) is 0 Å². The molecule has 1 aromatic heterocycles. The Hall–Kier alpha value is -2.01. The molecule has 0 bridgehead atoms. The Balaban J connectivity index is 1.48. The number of aromatic nitrogens is 2. The van der Waals surface area contributed by atoms with Crippen molar-refractivity contribution in [3.63, 3.8) is 0 Å². The number of nitrogens with zero attached hydrogens (tertiary/aromatic N) is 4. The van der Waals surface area contributed by atoms with Crippen LogP contribution in [0, 0.1) is 0 Å². The van der Waals surface area contributed by atoms with E-state index in [1.165, 1.54) is 23.5 Å². The molecule has 1 saturated heterocycles. The molecule has 0 amide bonds. The van der Waals surface area contributed by atoms with Gasteiger partial charge in [0.05, 0.1) is 18.3 Å². The van der Waals surface area contributed by atoms with E-state index in [2.05, 4.69) is 60.4 Å². The van der Waals surface area contributed by atoms with Gasteiger partial charge >= 0.3 is 0 Å². The van der Waals surface area contributed by atoms with Gasteiger partial charge in [0, 0.05) is 37.6 Å². The summed E-state index contributed by atoms with van der Waals surface area (Å²) in [7, 11) is 1.72. The van der Waals surface area contributed by atoms with Crippen molar-refractivity contribution in [2.45, 2.75) is 58.9 Å². The van der Waals surface area contributed by atoms with Gasteiger partial charge in [-0.25, -0.2) is 0 Å². The van der Waals surface area contributed by atoms with Crippen LogP contribution in [-0.2, 0) is 18.4 Å². The molecular weight excluding hydrogens is 360 g/mol. The van der Waals surface area contributed by atoms with Gasteiger partial charge in [0.1, 0.15) is 5.75 Å².